The van der Waals surface area contributed by atoms with Crippen LogP contribution in [0, 0.1) is 6.92 Å². The fourth-order valence-corrected chi connectivity index (χ4v) is 3.26. The molecule has 0 fully saturated rings. The highest BCUT2D eigenvalue weighted by atomic mass is 32.1. The van der Waals surface area contributed by atoms with Crippen LogP contribution in [0.1, 0.15) is 21.5 Å². The van der Waals surface area contributed by atoms with E-state index in [4.69, 9.17) is 0 Å². The van der Waals surface area contributed by atoms with Crippen molar-refractivity contribution in [1.29, 1.82) is 0 Å². The maximum Gasteiger partial charge on any atom is 0.416 e. The fraction of sp³-hybridized carbons (Fsp3) is 0.222. The van der Waals surface area contributed by atoms with E-state index in [9.17, 15) is 18.0 Å². The van der Waals surface area contributed by atoms with Crippen molar-refractivity contribution in [2.45, 2.75) is 13.1 Å². The number of rotatable bonds is 5. The maximum absolute atomic E-state index is 12.8. The van der Waals surface area contributed by atoms with E-state index in [2.05, 4.69) is 15.0 Å². The van der Waals surface area contributed by atoms with Gasteiger partial charge in [0.2, 0.25) is 0 Å². The summed E-state index contributed by atoms with van der Waals surface area (Å²) in [6.07, 6.45) is -4.48. The van der Waals surface area contributed by atoms with E-state index in [-0.39, 0.29) is 12.1 Å². The fourth-order valence-electron chi connectivity index (χ4n) is 2.51. The molecule has 0 aliphatic rings. The maximum atomic E-state index is 12.8. The van der Waals surface area contributed by atoms with Gasteiger partial charge in [0, 0.05) is 24.0 Å². The second-order valence-corrected chi connectivity index (χ2v) is 6.54. The standard InChI is InChI=1S/C18H16F3N3OS/c1-11-6-7-12(18(19,20)21)10-14(11)17(25)23-9-8-22-16-13-4-2-3-5-15(13)26-24-16/h2-7,10H,8-9H2,1H3,(H,22,24)(H,23,25). The Morgan fingerprint density at radius 2 is 1.92 bits per heavy atom. The van der Waals surface area contributed by atoms with Gasteiger partial charge in [0.25, 0.3) is 5.91 Å². The summed E-state index contributed by atoms with van der Waals surface area (Å²) in [4.78, 5) is 12.2. The Bertz CT molecular complexity index is 937. The molecule has 0 radical (unpaired) electrons. The molecule has 4 nitrogen and oxygen atoms in total. The van der Waals surface area contributed by atoms with Crippen LogP contribution < -0.4 is 10.6 Å². The Hall–Kier alpha value is -2.61. The van der Waals surface area contributed by atoms with Gasteiger partial charge in [0.15, 0.2) is 0 Å². The quantitative estimate of drug-likeness (QED) is 0.644. The van der Waals surface area contributed by atoms with Crippen LogP contribution in [0.2, 0.25) is 0 Å². The lowest BCUT2D eigenvalue weighted by Gasteiger charge is -2.12. The van der Waals surface area contributed by atoms with Crippen molar-refractivity contribution in [3.8, 4) is 0 Å². The number of hydrogen-bond acceptors (Lipinski definition) is 4. The largest absolute Gasteiger partial charge is 0.416 e. The molecular formula is C18H16F3N3OS. The zero-order valence-electron chi connectivity index (χ0n) is 13.9. The van der Waals surface area contributed by atoms with E-state index in [0.29, 0.717) is 12.1 Å². The van der Waals surface area contributed by atoms with Crippen molar-refractivity contribution >= 4 is 33.3 Å². The summed E-state index contributed by atoms with van der Waals surface area (Å²) in [5, 5.41) is 6.76. The van der Waals surface area contributed by atoms with Gasteiger partial charge < -0.3 is 10.6 Å². The summed E-state index contributed by atoms with van der Waals surface area (Å²) in [6.45, 7) is 2.28. The van der Waals surface area contributed by atoms with Crippen molar-refractivity contribution in [2.24, 2.45) is 0 Å². The topological polar surface area (TPSA) is 54.0 Å². The number of aromatic nitrogens is 1. The molecule has 26 heavy (non-hydrogen) atoms. The molecule has 0 aliphatic carbocycles. The summed E-state index contributed by atoms with van der Waals surface area (Å²) in [6, 6.07) is 10.9. The van der Waals surface area contributed by atoms with Gasteiger partial charge in [-0.25, -0.2) is 0 Å². The first kappa shape index (κ1) is 18.2. The molecule has 0 spiro atoms. The third kappa shape index (κ3) is 3.96. The smallest absolute Gasteiger partial charge is 0.367 e. The third-order valence-electron chi connectivity index (χ3n) is 3.89. The van der Waals surface area contributed by atoms with Crippen molar-refractivity contribution < 1.29 is 18.0 Å². The number of amides is 1. The lowest BCUT2D eigenvalue weighted by atomic mass is 10.0. The highest BCUT2D eigenvalue weighted by Gasteiger charge is 2.31. The minimum atomic E-state index is -4.48. The average Bonchev–Trinajstić information content (AvgIpc) is 3.01. The zero-order valence-corrected chi connectivity index (χ0v) is 14.7. The molecule has 0 atom stereocenters. The first-order valence-electron chi connectivity index (χ1n) is 7.90. The number of aryl methyl sites for hydroxylation is 1. The van der Waals surface area contributed by atoms with E-state index in [1.165, 1.54) is 17.6 Å². The van der Waals surface area contributed by atoms with Crippen LogP contribution in [0.4, 0.5) is 19.0 Å². The molecule has 3 aromatic rings. The number of halogens is 3. The normalized spacial score (nSPS) is 11.5. The number of nitrogens with one attached hydrogen (secondary N) is 2. The molecule has 136 valence electrons. The van der Waals surface area contributed by atoms with Crippen LogP contribution in [-0.2, 0) is 6.18 Å². The van der Waals surface area contributed by atoms with E-state index < -0.39 is 17.6 Å². The molecule has 2 aromatic carbocycles. The number of carbonyl (C=O) groups excluding carboxylic acids is 1. The Labute approximate surface area is 152 Å². The minimum Gasteiger partial charge on any atom is -0.367 e. The number of alkyl halides is 3. The lowest BCUT2D eigenvalue weighted by Crippen LogP contribution is -2.29. The molecule has 0 unspecified atom stereocenters. The molecule has 0 bridgehead atoms. The van der Waals surface area contributed by atoms with E-state index in [1.54, 1.807) is 6.92 Å². The first-order valence-corrected chi connectivity index (χ1v) is 8.68. The summed E-state index contributed by atoms with van der Waals surface area (Å²) in [5.41, 5.74) is -0.312. The molecule has 1 aromatic heterocycles. The first-order chi connectivity index (χ1) is 12.4. The third-order valence-corrected chi connectivity index (χ3v) is 4.72. The van der Waals surface area contributed by atoms with E-state index >= 15 is 0 Å². The highest BCUT2D eigenvalue weighted by molar-refractivity contribution is 7.13. The van der Waals surface area contributed by atoms with Crippen LogP contribution in [-0.4, -0.2) is 23.4 Å². The molecule has 0 aliphatic heterocycles. The predicted octanol–water partition coefficient (Wildman–Crippen LogP) is 4.47. The van der Waals surface area contributed by atoms with Crippen LogP contribution in [0.25, 0.3) is 10.1 Å². The minimum absolute atomic E-state index is 0.0268. The Morgan fingerprint density at radius 1 is 1.15 bits per heavy atom. The number of fused-ring (bicyclic) bond motifs is 1. The second-order valence-electron chi connectivity index (χ2n) is 5.74. The number of benzene rings is 2. The molecular weight excluding hydrogens is 363 g/mol. The Morgan fingerprint density at radius 3 is 2.69 bits per heavy atom. The van der Waals surface area contributed by atoms with Gasteiger partial charge in [-0.3, -0.25) is 4.79 Å². The predicted molar refractivity (Wildman–Crippen MR) is 96.6 cm³/mol. The Balaban J connectivity index is 1.59. The average molecular weight is 379 g/mol. The molecule has 2 N–H and O–H groups in total. The van der Waals surface area contributed by atoms with Crippen LogP contribution in [0.15, 0.2) is 42.5 Å². The summed E-state index contributed by atoms with van der Waals surface area (Å²) in [7, 11) is 0. The number of carbonyl (C=O) groups is 1. The van der Waals surface area contributed by atoms with Crippen LogP contribution in [0.5, 0.6) is 0 Å². The number of anilines is 1. The monoisotopic (exact) mass is 379 g/mol. The van der Waals surface area contributed by atoms with Crippen LogP contribution >= 0.6 is 11.5 Å². The number of nitrogens with zero attached hydrogens (tertiary/aromatic N) is 1. The molecule has 1 heterocycles. The van der Waals surface area contributed by atoms with Crippen molar-refractivity contribution in [3.63, 3.8) is 0 Å². The molecule has 1 amide bonds. The number of hydrogen-bond donors (Lipinski definition) is 2. The molecule has 8 heteroatoms. The van der Waals surface area contributed by atoms with Gasteiger partial charge in [-0.05, 0) is 48.3 Å². The van der Waals surface area contributed by atoms with Gasteiger partial charge in [0.1, 0.15) is 5.82 Å². The zero-order chi connectivity index (χ0) is 18.7. The van der Waals surface area contributed by atoms with E-state index in [0.717, 1.165) is 28.0 Å². The van der Waals surface area contributed by atoms with Gasteiger partial charge in [-0.15, -0.1) is 0 Å². The molecule has 0 saturated carbocycles. The summed E-state index contributed by atoms with van der Waals surface area (Å²) in [5.74, 6) is 0.202. The molecule has 3 rings (SSSR count). The lowest BCUT2D eigenvalue weighted by molar-refractivity contribution is -0.137. The van der Waals surface area contributed by atoms with Crippen molar-refractivity contribution in [2.75, 3.05) is 18.4 Å². The van der Waals surface area contributed by atoms with Crippen molar-refractivity contribution in [3.05, 3.63) is 59.2 Å². The molecule has 0 saturated heterocycles. The van der Waals surface area contributed by atoms with Gasteiger partial charge in [-0.2, -0.15) is 17.5 Å². The van der Waals surface area contributed by atoms with Gasteiger partial charge in [-0.1, -0.05) is 18.2 Å². The van der Waals surface area contributed by atoms with Gasteiger partial charge in [0.05, 0.1) is 10.3 Å². The van der Waals surface area contributed by atoms with E-state index in [1.807, 2.05) is 24.3 Å². The highest BCUT2D eigenvalue weighted by Crippen LogP contribution is 2.30. The summed E-state index contributed by atoms with van der Waals surface area (Å²) >= 11 is 1.37. The SMILES string of the molecule is Cc1ccc(C(F)(F)F)cc1C(=O)NCCNc1nsc2ccccc12. The van der Waals surface area contributed by atoms with Crippen LogP contribution in [0.3, 0.4) is 0 Å². The summed E-state index contributed by atoms with van der Waals surface area (Å²) < 4.78 is 43.8. The van der Waals surface area contributed by atoms with Crippen molar-refractivity contribution in [1.82, 2.24) is 9.69 Å². The van der Waals surface area contributed by atoms with Gasteiger partial charge >= 0.3 is 6.18 Å². The second kappa shape index (κ2) is 7.33. The Kier molecular flexibility index (Phi) is 5.13.